The molecule has 0 radical (unpaired) electrons. The minimum absolute atomic E-state index is 0. The van der Waals surface area contributed by atoms with Gasteiger partial charge in [-0.05, 0) is 55.8 Å². The summed E-state index contributed by atoms with van der Waals surface area (Å²) in [5.74, 6) is -0.265. The molecule has 1 unspecified atom stereocenters. The highest BCUT2D eigenvalue weighted by Gasteiger charge is 2.29. The van der Waals surface area contributed by atoms with Crippen molar-refractivity contribution in [2.24, 2.45) is 0 Å². The predicted molar refractivity (Wildman–Crippen MR) is 92.6 cm³/mol. The van der Waals surface area contributed by atoms with Crippen LogP contribution in [0, 0.1) is 5.82 Å². The number of carbonyl (C=O) groups is 1. The molecule has 2 nitrogen and oxygen atoms in total. The second-order valence-electron chi connectivity index (χ2n) is 5.78. The number of piperidine rings is 1. The van der Waals surface area contributed by atoms with E-state index in [4.69, 9.17) is 0 Å². The highest BCUT2D eigenvalue weighted by atomic mass is 35.5. The van der Waals surface area contributed by atoms with Gasteiger partial charge in [-0.3, -0.25) is 9.69 Å². The number of halogens is 2. The Morgan fingerprint density at radius 2 is 1.52 bits per heavy atom. The fourth-order valence-electron chi connectivity index (χ4n) is 3.11. The smallest absolute Gasteiger partial charge is 0.184 e. The van der Waals surface area contributed by atoms with Gasteiger partial charge in [-0.25, -0.2) is 4.39 Å². The molecule has 1 heterocycles. The minimum atomic E-state index is -0.314. The lowest BCUT2D eigenvalue weighted by Crippen LogP contribution is -2.38. The molecule has 23 heavy (non-hydrogen) atoms. The molecule has 1 atom stereocenters. The average Bonchev–Trinajstić information content (AvgIpc) is 2.57. The lowest BCUT2D eigenvalue weighted by atomic mass is 9.94. The number of nitrogens with zero attached hydrogens (tertiary/aromatic N) is 1. The van der Waals surface area contributed by atoms with Crippen molar-refractivity contribution in [3.05, 3.63) is 71.5 Å². The molecule has 1 aliphatic heterocycles. The standard InChI is InChI=1S/C19H20FNO.ClH/c20-17-11-9-16(10-12-17)19(22)18(15-7-3-1-4-8-15)21-13-5-2-6-14-21;/h1,3-4,7-12,18H,2,5-6,13-14H2;1H. The van der Waals surface area contributed by atoms with Gasteiger partial charge in [-0.1, -0.05) is 36.8 Å². The summed E-state index contributed by atoms with van der Waals surface area (Å²) in [6.07, 6.45) is 3.48. The first-order valence-electron chi connectivity index (χ1n) is 7.84. The first-order chi connectivity index (χ1) is 10.8. The third-order valence-electron chi connectivity index (χ3n) is 4.25. The van der Waals surface area contributed by atoms with Gasteiger partial charge in [0.25, 0.3) is 0 Å². The summed E-state index contributed by atoms with van der Waals surface area (Å²) in [4.78, 5) is 15.2. The lowest BCUT2D eigenvalue weighted by Gasteiger charge is -2.34. The first kappa shape index (κ1) is 17.6. The monoisotopic (exact) mass is 333 g/mol. The van der Waals surface area contributed by atoms with Gasteiger partial charge in [-0.15, -0.1) is 12.4 Å². The Kier molecular flexibility index (Phi) is 6.31. The largest absolute Gasteiger partial charge is 0.292 e. The molecule has 0 N–H and O–H groups in total. The molecular formula is C19H21ClFNO. The van der Waals surface area contributed by atoms with Gasteiger partial charge in [-0.2, -0.15) is 0 Å². The van der Waals surface area contributed by atoms with Crippen LogP contribution in [0.2, 0.25) is 0 Å². The van der Waals surface area contributed by atoms with Gasteiger partial charge < -0.3 is 0 Å². The van der Waals surface area contributed by atoms with E-state index in [2.05, 4.69) is 4.90 Å². The maximum Gasteiger partial charge on any atom is 0.184 e. The fourth-order valence-corrected chi connectivity index (χ4v) is 3.11. The molecule has 1 aliphatic rings. The molecule has 0 aromatic heterocycles. The number of likely N-dealkylation sites (tertiary alicyclic amines) is 1. The Balaban J connectivity index is 0.00000192. The van der Waals surface area contributed by atoms with Crippen LogP contribution in [0.15, 0.2) is 54.6 Å². The highest BCUT2D eigenvalue weighted by molar-refractivity contribution is 6.00. The van der Waals surface area contributed by atoms with Crippen molar-refractivity contribution < 1.29 is 9.18 Å². The van der Waals surface area contributed by atoms with Crippen molar-refractivity contribution in [3.8, 4) is 0 Å². The molecule has 122 valence electrons. The van der Waals surface area contributed by atoms with Gasteiger partial charge in [0.15, 0.2) is 5.78 Å². The Bertz CT molecular complexity index is 624. The average molecular weight is 334 g/mol. The molecule has 0 saturated carbocycles. The predicted octanol–water partition coefficient (Wildman–Crippen LogP) is 4.66. The Morgan fingerprint density at radius 1 is 0.913 bits per heavy atom. The number of ketones is 1. The lowest BCUT2D eigenvalue weighted by molar-refractivity contribution is 0.0782. The van der Waals surface area contributed by atoms with Gasteiger partial charge in [0.2, 0.25) is 0 Å². The van der Waals surface area contributed by atoms with Crippen LogP contribution in [0.1, 0.15) is 41.2 Å². The van der Waals surface area contributed by atoms with Crippen LogP contribution < -0.4 is 0 Å². The summed E-state index contributed by atoms with van der Waals surface area (Å²) in [6.45, 7) is 1.87. The summed E-state index contributed by atoms with van der Waals surface area (Å²) in [5.41, 5.74) is 1.58. The zero-order chi connectivity index (χ0) is 15.4. The van der Waals surface area contributed by atoms with Gasteiger partial charge in [0.05, 0.1) is 6.04 Å². The fraction of sp³-hybridized carbons (Fsp3) is 0.316. The number of rotatable bonds is 4. The van der Waals surface area contributed by atoms with Crippen molar-refractivity contribution in [3.63, 3.8) is 0 Å². The summed E-state index contributed by atoms with van der Waals surface area (Å²) in [5, 5.41) is 0. The van der Waals surface area contributed by atoms with E-state index in [1.165, 1.54) is 18.6 Å². The maximum atomic E-state index is 13.1. The van der Waals surface area contributed by atoms with Gasteiger partial charge in [0.1, 0.15) is 5.82 Å². The summed E-state index contributed by atoms with van der Waals surface area (Å²) >= 11 is 0. The first-order valence-corrected chi connectivity index (χ1v) is 7.84. The molecule has 0 amide bonds. The van der Waals surface area contributed by atoms with E-state index in [0.29, 0.717) is 5.56 Å². The van der Waals surface area contributed by atoms with Crippen molar-refractivity contribution in [2.45, 2.75) is 25.3 Å². The van der Waals surface area contributed by atoms with Gasteiger partial charge in [0, 0.05) is 5.56 Å². The molecule has 0 spiro atoms. The molecule has 4 heteroatoms. The Morgan fingerprint density at radius 3 is 2.13 bits per heavy atom. The minimum Gasteiger partial charge on any atom is -0.292 e. The third kappa shape index (κ3) is 4.18. The number of Topliss-reactive ketones (excluding diaryl/α,β-unsaturated/α-hetero) is 1. The maximum absolute atomic E-state index is 13.1. The molecule has 0 bridgehead atoms. The number of hydrogen-bond acceptors (Lipinski definition) is 2. The van der Waals surface area contributed by atoms with Crippen molar-refractivity contribution in [2.75, 3.05) is 13.1 Å². The van der Waals surface area contributed by atoms with Crippen molar-refractivity contribution in [1.82, 2.24) is 4.90 Å². The topological polar surface area (TPSA) is 20.3 Å². The third-order valence-corrected chi connectivity index (χ3v) is 4.25. The van der Waals surface area contributed by atoms with E-state index in [-0.39, 0.29) is 30.0 Å². The second-order valence-corrected chi connectivity index (χ2v) is 5.78. The van der Waals surface area contributed by atoms with Crippen LogP contribution in [-0.2, 0) is 0 Å². The molecule has 2 aromatic rings. The second kappa shape index (κ2) is 8.23. The SMILES string of the molecule is Cl.O=C(c1ccc(F)cc1)C(c1ccccc1)N1CCCCC1. The van der Waals surface area contributed by atoms with E-state index >= 15 is 0 Å². The Hall–Kier alpha value is -1.71. The van der Waals surface area contributed by atoms with Crippen LogP contribution in [0.5, 0.6) is 0 Å². The molecular weight excluding hydrogens is 313 g/mol. The molecule has 1 fully saturated rings. The van der Waals surface area contributed by atoms with E-state index in [1.807, 2.05) is 30.3 Å². The van der Waals surface area contributed by atoms with Crippen LogP contribution in [0.4, 0.5) is 4.39 Å². The highest BCUT2D eigenvalue weighted by Crippen LogP contribution is 2.28. The van der Waals surface area contributed by atoms with Gasteiger partial charge >= 0.3 is 0 Å². The number of hydrogen-bond donors (Lipinski definition) is 0. The zero-order valence-electron chi connectivity index (χ0n) is 13.0. The van der Waals surface area contributed by atoms with E-state index in [9.17, 15) is 9.18 Å². The molecule has 2 aromatic carbocycles. The van der Waals surface area contributed by atoms with E-state index < -0.39 is 0 Å². The van der Waals surface area contributed by atoms with E-state index in [1.54, 1.807) is 12.1 Å². The molecule has 1 saturated heterocycles. The van der Waals surface area contributed by atoms with E-state index in [0.717, 1.165) is 31.5 Å². The number of benzene rings is 2. The van der Waals surface area contributed by atoms with Crippen molar-refractivity contribution >= 4 is 18.2 Å². The van der Waals surface area contributed by atoms with Crippen molar-refractivity contribution in [1.29, 1.82) is 0 Å². The van der Waals surface area contributed by atoms with Crippen LogP contribution in [0.3, 0.4) is 0 Å². The Labute approximate surface area is 142 Å². The number of carbonyl (C=O) groups excluding carboxylic acids is 1. The molecule has 3 rings (SSSR count). The van der Waals surface area contributed by atoms with Crippen LogP contribution >= 0.6 is 12.4 Å². The molecule has 0 aliphatic carbocycles. The van der Waals surface area contributed by atoms with Crippen LogP contribution in [0.25, 0.3) is 0 Å². The summed E-state index contributed by atoms with van der Waals surface area (Å²) < 4.78 is 13.1. The normalized spacial score (nSPS) is 16.4. The summed E-state index contributed by atoms with van der Waals surface area (Å²) in [6, 6.07) is 15.5. The quantitative estimate of drug-likeness (QED) is 0.759. The van der Waals surface area contributed by atoms with Crippen LogP contribution in [-0.4, -0.2) is 23.8 Å². The summed E-state index contributed by atoms with van der Waals surface area (Å²) in [7, 11) is 0. The zero-order valence-corrected chi connectivity index (χ0v) is 13.8.